The summed E-state index contributed by atoms with van der Waals surface area (Å²) in [5.41, 5.74) is 7.49. The molecule has 0 bridgehead atoms. The summed E-state index contributed by atoms with van der Waals surface area (Å²) in [4.78, 5) is 38.3. The zero-order chi connectivity index (χ0) is 38.2. The molecule has 0 saturated carbocycles. The smallest absolute Gasteiger partial charge is 0.223 e. The van der Waals surface area contributed by atoms with Crippen molar-refractivity contribution < 1.29 is 14.4 Å². The molecule has 0 spiro atoms. The Labute approximate surface area is 322 Å². The summed E-state index contributed by atoms with van der Waals surface area (Å²) in [6, 6.07) is 0. The van der Waals surface area contributed by atoms with Gasteiger partial charge in [0.05, 0.1) is 0 Å². The van der Waals surface area contributed by atoms with E-state index in [-0.39, 0.29) is 23.5 Å². The highest BCUT2D eigenvalue weighted by Crippen LogP contribution is 2.43. The Kier molecular flexibility index (Phi) is 23.1. The molecule has 0 heterocycles. The van der Waals surface area contributed by atoms with Crippen molar-refractivity contribution >= 4 is 17.6 Å². The molecule has 300 valence electrons. The average Bonchev–Trinajstić information content (AvgIpc) is 3.08. The molecule has 0 fully saturated rings. The summed E-state index contributed by atoms with van der Waals surface area (Å²) >= 11 is 0. The first-order chi connectivity index (χ1) is 24.9. The number of rotatable bonds is 29. The topological polar surface area (TPSA) is 75.3 Å². The highest BCUT2D eigenvalue weighted by molar-refractivity contribution is 5.86. The van der Waals surface area contributed by atoms with Gasteiger partial charge in [0, 0.05) is 38.3 Å². The Balaban J connectivity index is 1.54. The Bertz CT molecular complexity index is 1110. The van der Waals surface area contributed by atoms with Gasteiger partial charge in [-0.25, -0.2) is 0 Å². The number of nitrogens with one attached hydrogen (secondary N) is 2. The van der Waals surface area contributed by atoms with Crippen LogP contribution in [-0.4, -0.2) is 30.7 Å². The van der Waals surface area contributed by atoms with Crippen molar-refractivity contribution in [3.63, 3.8) is 0 Å². The number of unbranched alkanes of at least 4 members (excludes halogenated alkanes) is 12. The van der Waals surface area contributed by atoms with Crippen LogP contribution < -0.4 is 10.6 Å². The lowest BCUT2D eigenvalue weighted by Crippen LogP contribution is -2.33. The fourth-order valence-electron chi connectivity index (χ4n) is 9.15. The maximum absolute atomic E-state index is 13.0. The van der Waals surface area contributed by atoms with E-state index in [0.29, 0.717) is 49.6 Å². The SMILES string of the molecule is CCCCNC(=O)C(CCCCNC(=O)CCCCCCCCC1=C(C)CCCC1(C)C)CC(=O)CCCCCCCCC1=C(C)CCCC1(C)C. The molecule has 2 amide bonds. The summed E-state index contributed by atoms with van der Waals surface area (Å²) in [6.45, 7) is 17.8. The van der Waals surface area contributed by atoms with E-state index in [9.17, 15) is 14.4 Å². The third-order valence-corrected chi connectivity index (χ3v) is 12.6. The Morgan fingerprint density at radius 2 is 1.08 bits per heavy atom. The first kappa shape index (κ1) is 46.2. The number of carbonyl (C=O) groups is 3. The lowest BCUT2D eigenvalue weighted by molar-refractivity contribution is -0.129. The summed E-state index contributed by atoms with van der Waals surface area (Å²) in [6.07, 6.45) is 30.6. The fourth-order valence-corrected chi connectivity index (χ4v) is 9.15. The fraction of sp³-hybridized carbons (Fsp3) is 0.851. The van der Waals surface area contributed by atoms with Crippen LogP contribution in [0.2, 0.25) is 0 Å². The number of hydrogen-bond donors (Lipinski definition) is 2. The number of hydrogen-bond acceptors (Lipinski definition) is 3. The third-order valence-electron chi connectivity index (χ3n) is 12.6. The maximum Gasteiger partial charge on any atom is 0.223 e. The van der Waals surface area contributed by atoms with Gasteiger partial charge in [0.15, 0.2) is 0 Å². The second-order valence-electron chi connectivity index (χ2n) is 18.2. The second kappa shape index (κ2) is 26.0. The van der Waals surface area contributed by atoms with Gasteiger partial charge in [0.1, 0.15) is 5.78 Å². The minimum atomic E-state index is -0.253. The zero-order valence-electron chi connectivity index (χ0n) is 35.5. The first-order valence-electron chi connectivity index (χ1n) is 22.3. The van der Waals surface area contributed by atoms with Crippen LogP contribution in [0.15, 0.2) is 22.3 Å². The maximum atomic E-state index is 13.0. The van der Waals surface area contributed by atoms with E-state index in [0.717, 1.165) is 51.4 Å². The first-order valence-corrected chi connectivity index (χ1v) is 22.3. The van der Waals surface area contributed by atoms with Gasteiger partial charge in [-0.1, -0.05) is 121 Å². The number of amides is 2. The second-order valence-corrected chi connectivity index (χ2v) is 18.2. The van der Waals surface area contributed by atoms with Crippen molar-refractivity contribution in [2.45, 2.75) is 228 Å². The standard InChI is InChI=1S/C47H84N2O3/c1-8-9-35-49-45(52)40(37-41(50)29-18-14-10-11-15-19-30-42-38(2)26-24-33-46(42,4)5)28-22-23-36-48-44(51)32-21-17-13-12-16-20-31-43-39(3)27-25-34-47(43,6)7/h40H,8-37H2,1-7H3,(H,48,51)(H,49,52). The normalized spacial score (nSPS) is 17.7. The van der Waals surface area contributed by atoms with E-state index in [1.54, 1.807) is 22.3 Å². The van der Waals surface area contributed by atoms with E-state index in [1.165, 1.54) is 103 Å². The minimum absolute atomic E-state index is 0.0300. The predicted molar refractivity (Wildman–Crippen MR) is 222 cm³/mol. The van der Waals surface area contributed by atoms with Gasteiger partial charge in [-0.3, -0.25) is 14.4 Å². The third kappa shape index (κ3) is 18.9. The van der Waals surface area contributed by atoms with Crippen molar-refractivity contribution in [3.8, 4) is 0 Å². The molecule has 52 heavy (non-hydrogen) atoms. The highest BCUT2D eigenvalue weighted by Gasteiger charge is 2.28. The van der Waals surface area contributed by atoms with Crippen LogP contribution in [0, 0.1) is 16.7 Å². The Hall–Kier alpha value is -1.91. The predicted octanol–water partition coefficient (Wildman–Crippen LogP) is 13.1. The average molecular weight is 725 g/mol. The summed E-state index contributed by atoms with van der Waals surface area (Å²) < 4.78 is 0. The van der Waals surface area contributed by atoms with Gasteiger partial charge in [0.25, 0.3) is 0 Å². The molecule has 0 aromatic rings. The zero-order valence-corrected chi connectivity index (χ0v) is 35.5. The number of allylic oxidation sites excluding steroid dienone is 4. The van der Waals surface area contributed by atoms with Crippen molar-refractivity contribution in [1.82, 2.24) is 10.6 Å². The largest absolute Gasteiger partial charge is 0.356 e. The van der Waals surface area contributed by atoms with E-state index in [1.807, 2.05) is 0 Å². The lowest BCUT2D eigenvalue weighted by Gasteiger charge is -2.34. The molecule has 2 N–H and O–H groups in total. The van der Waals surface area contributed by atoms with Gasteiger partial charge in [-0.05, 0) is 121 Å². The van der Waals surface area contributed by atoms with Crippen molar-refractivity contribution in [2.24, 2.45) is 16.7 Å². The summed E-state index contributed by atoms with van der Waals surface area (Å²) in [5, 5.41) is 6.16. The molecule has 0 aromatic heterocycles. The van der Waals surface area contributed by atoms with Gasteiger partial charge >= 0.3 is 0 Å². The van der Waals surface area contributed by atoms with Crippen LogP contribution in [0.1, 0.15) is 228 Å². The van der Waals surface area contributed by atoms with Crippen molar-refractivity contribution in [2.75, 3.05) is 13.1 Å². The van der Waals surface area contributed by atoms with Gasteiger partial charge in [-0.15, -0.1) is 0 Å². The van der Waals surface area contributed by atoms with Crippen molar-refractivity contribution in [3.05, 3.63) is 22.3 Å². The van der Waals surface area contributed by atoms with Gasteiger partial charge < -0.3 is 10.6 Å². The van der Waals surface area contributed by atoms with Crippen molar-refractivity contribution in [1.29, 1.82) is 0 Å². The molecule has 2 aliphatic rings. The van der Waals surface area contributed by atoms with Crippen LogP contribution in [0.5, 0.6) is 0 Å². The summed E-state index contributed by atoms with van der Waals surface area (Å²) in [5.74, 6) is 0.150. The van der Waals surface area contributed by atoms with E-state index in [4.69, 9.17) is 0 Å². The van der Waals surface area contributed by atoms with Crippen LogP contribution in [-0.2, 0) is 14.4 Å². The van der Waals surface area contributed by atoms with Crippen LogP contribution >= 0.6 is 0 Å². The molecule has 2 aliphatic carbocycles. The van der Waals surface area contributed by atoms with Crippen LogP contribution in [0.25, 0.3) is 0 Å². The number of ketones is 1. The lowest BCUT2D eigenvalue weighted by atomic mass is 9.71. The van der Waals surface area contributed by atoms with E-state index >= 15 is 0 Å². The van der Waals surface area contributed by atoms with Crippen LogP contribution in [0.4, 0.5) is 0 Å². The van der Waals surface area contributed by atoms with Gasteiger partial charge in [-0.2, -0.15) is 0 Å². The molecule has 0 radical (unpaired) electrons. The van der Waals surface area contributed by atoms with E-state index in [2.05, 4.69) is 59.1 Å². The summed E-state index contributed by atoms with van der Waals surface area (Å²) in [7, 11) is 0. The minimum Gasteiger partial charge on any atom is -0.356 e. The molecule has 0 aliphatic heterocycles. The molecule has 5 heteroatoms. The molecular weight excluding hydrogens is 641 g/mol. The molecule has 1 unspecified atom stereocenters. The molecule has 1 atom stereocenters. The van der Waals surface area contributed by atoms with E-state index < -0.39 is 0 Å². The molecule has 0 saturated heterocycles. The number of carbonyl (C=O) groups excluding carboxylic acids is 3. The Morgan fingerprint density at radius 3 is 1.60 bits per heavy atom. The van der Waals surface area contributed by atoms with Crippen LogP contribution in [0.3, 0.4) is 0 Å². The molecule has 2 rings (SSSR count). The molecular formula is C47H84N2O3. The van der Waals surface area contributed by atoms with Gasteiger partial charge in [0.2, 0.25) is 11.8 Å². The number of Topliss-reactive ketones (excluding diaryl/α,β-unsaturated/α-hetero) is 1. The highest BCUT2D eigenvalue weighted by atomic mass is 16.2. The monoisotopic (exact) mass is 725 g/mol. The molecule has 0 aromatic carbocycles. The molecule has 5 nitrogen and oxygen atoms in total. The quantitative estimate of drug-likeness (QED) is 0.0596. The Morgan fingerprint density at radius 1 is 0.596 bits per heavy atom.